The molecule has 0 atom stereocenters. The number of ether oxygens (including phenoxy) is 1. The molecule has 2 aromatic rings. The number of rotatable bonds is 5. The van der Waals surface area contributed by atoms with Gasteiger partial charge in [0.15, 0.2) is 0 Å². The van der Waals surface area contributed by atoms with Crippen LogP contribution in [0.1, 0.15) is 54.1 Å². The first-order chi connectivity index (χ1) is 12.2. The van der Waals surface area contributed by atoms with Gasteiger partial charge in [-0.2, -0.15) is 13.2 Å². The average Bonchev–Trinajstić information content (AvgIpc) is 2.54. The van der Waals surface area contributed by atoms with Crippen molar-refractivity contribution in [3.05, 3.63) is 64.7 Å². The molecular weight excluding hydrogens is 355 g/mol. The Labute approximate surface area is 147 Å². The van der Waals surface area contributed by atoms with E-state index < -0.39 is 35.1 Å². The van der Waals surface area contributed by atoms with Crippen molar-refractivity contribution in [3.63, 3.8) is 0 Å². The van der Waals surface area contributed by atoms with Crippen LogP contribution in [-0.4, -0.2) is 5.97 Å². The first-order valence-corrected chi connectivity index (χ1v) is 8.05. The molecule has 26 heavy (non-hydrogen) atoms. The van der Waals surface area contributed by atoms with Gasteiger partial charge in [-0.05, 0) is 36.5 Å². The van der Waals surface area contributed by atoms with Crippen LogP contribution >= 0.6 is 0 Å². The number of hydrogen-bond donors (Lipinski definition) is 0. The third-order valence-electron chi connectivity index (χ3n) is 4.11. The van der Waals surface area contributed by atoms with Gasteiger partial charge in [0, 0.05) is 12.1 Å². The fourth-order valence-electron chi connectivity index (χ4n) is 2.70. The molecule has 0 unspecified atom stereocenters. The molecule has 0 saturated heterocycles. The largest absolute Gasteiger partial charge is 0.423 e. The summed E-state index contributed by atoms with van der Waals surface area (Å²) in [5.74, 6) is -4.89. The molecule has 140 valence electrons. The molecule has 0 fully saturated rings. The van der Waals surface area contributed by atoms with Crippen LogP contribution in [0.3, 0.4) is 0 Å². The summed E-state index contributed by atoms with van der Waals surface area (Å²) in [4.78, 5) is 12.0. The van der Waals surface area contributed by atoms with Crippen molar-refractivity contribution in [1.29, 1.82) is 0 Å². The molecule has 0 aromatic heterocycles. The Bertz CT molecular complexity index is 755. The van der Waals surface area contributed by atoms with E-state index in [-0.39, 0.29) is 5.56 Å². The highest BCUT2D eigenvalue weighted by atomic mass is 19.4. The van der Waals surface area contributed by atoms with Crippen LogP contribution < -0.4 is 4.74 Å². The van der Waals surface area contributed by atoms with Gasteiger partial charge in [0.1, 0.15) is 22.9 Å². The first kappa shape index (κ1) is 19.9. The van der Waals surface area contributed by atoms with E-state index in [0.29, 0.717) is 18.1 Å². The van der Waals surface area contributed by atoms with Crippen molar-refractivity contribution in [2.24, 2.45) is 0 Å². The second kappa shape index (κ2) is 7.85. The van der Waals surface area contributed by atoms with Crippen LogP contribution in [0.4, 0.5) is 22.0 Å². The lowest BCUT2D eigenvalue weighted by molar-refractivity contribution is -0.142. The highest BCUT2D eigenvalue weighted by Crippen LogP contribution is 2.35. The Morgan fingerprint density at radius 3 is 1.92 bits per heavy atom. The van der Waals surface area contributed by atoms with E-state index in [4.69, 9.17) is 4.74 Å². The fraction of sp³-hybridized carbons (Fsp3) is 0.316. The third-order valence-corrected chi connectivity index (χ3v) is 4.11. The number of halogens is 5. The molecule has 2 rings (SSSR count). The van der Waals surface area contributed by atoms with Gasteiger partial charge >= 0.3 is 12.1 Å². The second-order valence-electron chi connectivity index (χ2n) is 5.78. The molecule has 0 aliphatic heterocycles. The van der Waals surface area contributed by atoms with Gasteiger partial charge in [-0.15, -0.1) is 0 Å². The van der Waals surface area contributed by atoms with Crippen molar-refractivity contribution < 1.29 is 31.5 Å². The smallest absolute Gasteiger partial charge is 0.422 e. The first-order valence-electron chi connectivity index (χ1n) is 8.05. The summed E-state index contributed by atoms with van der Waals surface area (Å²) in [7, 11) is 0. The van der Waals surface area contributed by atoms with Gasteiger partial charge in [0.25, 0.3) is 0 Å². The molecule has 2 nitrogen and oxygen atoms in total. The Morgan fingerprint density at radius 1 is 1.00 bits per heavy atom. The summed E-state index contributed by atoms with van der Waals surface area (Å²) in [6.45, 7) is 4.09. The molecule has 7 heteroatoms. The minimum atomic E-state index is -5.18. The summed E-state index contributed by atoms with van der Waals surface area (Å²) in [5.41, 5.74) is -0.856. The maximum atomic E-state index is 13.5. The van der Waals surface area contributed by atoms with Crippen molar-refractivity contribution in [1.82, 2.24) is 0 Å². The van der Waals surface area contributed by atoms with E-state index in [1.165, 1.54) is 12.1 Å². The van der Waals surface area contributed by atoms with Crippen molar-refractivity contribution in [2.75, 3.05) is 0 Å². The topological polar surface area (TPSA) is 26.3 Å². The lowest BCUT2D eigenvalue weighted by Crippen LogP contribution is -2.13. The SMILES string of the molecule is CCC(CC)c1ccc(C(=O)Oc2cc(F)c(C(F)(F)F)c(F)c2)cc1. The van der Waals surface area contributed by atoms with E-state index in [1.54, 1.807) is 12.1 Å². The predicted molar refractivity (Wildman–Crippen MR) is 86.1 cm³/mol. The van der Waals surface area contributed by atoms with E-state index in [0.717, 1.165) is 18.4 Å². The van der Waals surface area contributed by atoms with Crippen molar-refractivity contribution in [3.8, 4) is 5.75 Å². The van der Waals surface area contributed by atoms with Gasteiger partial charge in [-0.1, -0.05) is 26.0 Å². The van der Waals surface area contributed by atoms with E-state index in [9.17, 15) is 26.7 Å². The molecule has 0 saturated carbocycles. The van der Waals surface area contributed by atoms with E-state index >= 15 is 0 Å². The fourth-order valence-corrected chi connectivity index (χ4v) is 2.70. The zero-order valence-corrected chi connectivity index (χ0v) is 14.2. The van der Waals surface area contributed by atoms with Crippen LogP contribution in [0.15, 0.2) is 36.4 Å². The van der Waals surface area contributed by atoms with Crippen LogP contribution in [0.5, 0.6) is 5.75 Å². The van der Waals surface area contributed by atoms with Crippen LogP contribution in [-0.2, 0) is 6.18 Å². The van der Waals surface area contributed by atoms with E-state index in [1.807, 2.05) is 13.8 Å². The zero-order valence-electron chi connectivity index (χ0n) is 14.2. The molecule has 0 aliphatic rings. The Kier molecular flexibility index (Phi) is 6.00. The molecule has 2 aromatic carbocycles. The molecule has 0 bridgehead atoms. The van der Waals surface area contributed by atoms with Gasteiger partial charge < -0.3 is 4.74 Å². The molecule has 0 aliphatic carbocycles. The Hall–Kier alpha value is -2.44. The average molecular weight is 372 g/mol. The number of alkyl halides is 3. The molecule has 0 heterocycles. The Balaban J connectivity index is 2.20. The summed E-state index contributed by atoms with van der Waals surface area (Å²) < 4.78 is 69.5. The molecule has 0 N–H and O–H groups in total. The number of esters is 1. The molecular formula is C19H17F5O2. The summed E-state index contributed by atoms with van der Waals surface area (Å²) in [5, 5.41) is 0. The Morgan fingerprint density at radius 2 is 1.50 bits per heavy atom. The highest BCUT2D eigenvalue weighted by Gasteiger charge is 2.38. The highest BCUT2D eigenvalue weighted by molar-refractivity contribution is 5.91. The lowest BCUT2D eigenvalue weighted by Gasteiger charge is -2.13. The molecule has 0 amide bonds. The van der Waals surface area contributed by atoms with Crippen molar-refractivity contribution in [2.45, 2.75) is 38.8 Å². The zero-order chi connectivity index (χ0) is 19.5. The van der Waals surface area contributed by atoms with Gasteiger partial charge in [0.2, 0.25) is 0 Å². The van der Waals surface area contributed by atoms with Crippen LogP contribution in [0.2, 0.25) is 0 Å². The number of benzene rings is 2. The minimum Gasteiger partial charge on any atom is -0.423 e. The predicted octanol–water partition coefficient (Wildman–Crippen LogP) is 6.11. The lowest BCUT2D eigenvalue weighted by atomic mass is 9.93. The maximum Gasteiger partial charge on any atom is 0.422 e. The van der Waals surface area contributed by atoms with Crippen LogP contribution in [0, 0.1) is 11.6 Å². The summed E-state index contributed by atoms with van der Waals surface area (Å²) in [6, 6.07) is 7.19. The number of hydrogen-bond acceptors (Lipinski definition) is 2. The van der Waals surface area contributed by atoms with E-state index in [2.05, 4.69) is 0 Å². The summed E-state index contributed by atoms with van der Waals surface area (Å²) >= 11 is 0. The molecule has 0 radical (unpaired) electrons. The monoisotopic (exact) mass is 372 g/mol. The second-order valence-corrected chi connectivity index (χ2v) is 5.78. The number of carbonyl (C=O) groups excluding carboxylic acids is 1. The van der Waals surface area contributed by atoms with Crippen LogP contribution in [0.25, 0.3) is 0 Å². The quantitative estimate of drug-likeness (QED) is 0.360. The number of carbonyl (C=O) groups is 1. The standard InChI is InChI=1S/C19H17F5O2/c1-3-11(4-2)12-5-7-13(8-6-12)18(25)26-14-9-15(20)17(16(21)10-14)19(22,23)24/h5-11H,3-4H2,1-2H3. The normalized spacial score (nSPS) is 11.7. The van der Waals surface area contributed by atoms with Gasteiger partial charge in [-0.25, -0.2) is 13.6 Å². The molecule has 0 spiro atoms. The van der Waals surface area contributed by atoms with Gasteiger partial charge in [0.05, 0.1) is 5.56 Å². The third kappa shape index (κ3) is 4.39. The summed E-state index contributed by atoms with van der Waals surface area (Å²) in [6.07, 6.45) is -3.31. The maximum absolute atomic E-state index is 13.5. The van der Waals surface area contributed by atoms with Gasteiger partial charge in [-0.3, -0.25) is 0 Å². The van der Waals surface area contributed by atoms with Crippen molar-refractivity contribution >= 4 is 5.97 Å². The minimum absolute atomic E-state index is 0.125.